The van der Waals surface area contributed by atoms with E-state index in [9.17, 15) is 9.59 Å². The summed E-state index contributed by atoms with van der Waals surface area (Å²) in [5, 5.41) is 2.93. The minimum Gasteiger partial charge on any atom is -0.462 e. The van der Waals surface area contributed by atoms with Crippen molar-refractivity contribution in [3.63, 3.8) is 0 Å². The highest BCUT2D eigenvalue weighted by Gasteiger charge is 2.31. The molecule has 0 aliphatic heterocycles. The molecule has 2 aromatic heterocycles. The largest absolute Gasteiger partial charge is 0.462 e. The third-order valence-corrected chi connectivity index (χ3v) is 4.07. The normalized spacial score (nSPS) is 10.7. The van der Waals surface area contributed by atoms with Crippen LogP contribution in [0.3, 0.4) is 0 Å². The van der Waals surface area contributed by atoms with Gasteiger partial charge in [0.25, 0.3) is 0 Å². The Balaban J connectivity index is 2.09. The molecule has 0 atom stereocenters. The number of nitrogens with one attached hydrogen (secondary N) is 1. The van der Waals surface area contributed by atoms with Gasteiger partial charge in [-0.1, -0.05) is 23.7 Å². The van der Waals surface area contributed by atoms with Crippen molar-refractivity contribution < 1.29 is 23.5 Å². The third kappa shape index (κ3) is 3.77. The second-order valence-electron chi connectivity index (χ2n) is 5.66. The standard InChI is InChI=1S/C19H18ClN3O5/c1-4-26-18(24)13-10(3)28-17(14(13)19(25)27-5-2)23-16-15(20)21-11-8-6-7-9-12(11)22-16/h6-9H,4-5H2,1-3H3,(H,22,23). The zero-order chi connectivity index (χ0) is 20.3. The molecule has 8 nitrogen and oxygen atoms in total. The molecule has 0 saturated heterocycles. The molecule has 3 aromatic rings. The van der Waals surface area contributed by atoms with Gasteiger partial charge in [0.05, 0.1) is 24.2 Å². The number of anilines is 2. The molecular weight excluding hydrogens is 386 g/mol. The van der Waals surface area contributed by atoms with Crippen molar-refractivity contribution in [2.75, 3.05) is 18.5 Å². The van der Waals surface area contributed by atoms with Gasteiger partial charge in [0.2, 0.25) is 5.88 Å². The van der Waals surface area contributed by atoms with Gasteiger partial charge in [-0.25, -0.2) is 19.6 Å². The third-order valence-electron chi connectivity index (χ3n) is 3.80. The smallest absolute Gasteiger partial charge is 0.344 e. The number of para-hydroxylation sites is 2. The lowest BCUT2D eigenvalue weighted by molar-refractivity contribution is 0.0480. The summed E-state index contributed by atoms with van der Waals surface area (Å²) in [6.07, 6.45) is 0. The van der Waals surface area contributed by atoms with Gasteiger partial charge in [-0.05, 0) is 32.9 Å². The Morgan fingerprint density at radius 3 is 2.21 bits per heavy atom. The van der Waals surface area contributed by atoms with E-state index < -0.39 is 11.9 Å². The lowest BCUT2D eigenvalue weighted by Gasteiger charge is -2.08. The summed E-state index contributed by atoms with van der Waals surface area (Å²) in [7, 11) is 0. The maximum atomic E-state index is 12.5. The fourth-order valence-electron chi connectivity index (χ4n) is 2.65. The average molecular weight is 404 g/mol. The van der Waals surface area contributed by atoms with Gasteiger partial charge < -0.3 is 19.2 Å². The number of carbonyl (C=O) groups is 2. The Morgan fingerprint density at radius 2 is 1.61 bits per heavy atom. The van der Waals surface area contributed by atoms with Crippen LogP contribution in [0.25, 0.3) is 11.0 Å². The number of fused-ring (bicyclic) bond motifs is 1. The van der Waals surface area contributed by atoms with Gasteiger partial charge in [0.1, 0.15) is 16.9 Å². The zero-order valence-corrected chi connectivity index (χ0v) is 16.3. The van der Waals surface area contributed by atoms with Crippen molar-refractivity contribution in [1.82, 2.24) is 9.97 Å². The van der Waals surface area contributed by atoms with Crippen molar-refractivity contribution in [3.05, 3.63) is 46.3 Å². The number of hydrogen-bond donors (Lipinski definition) is 1. The van der Waals surface area contributed by atoms with Crippen LogP contribution in [0.4, 0.5) is 11.7 Å². The number of aryl methyl sites for hydroxylation is 1. The van der Waals surface area contributed by atoms with Crippen LogP contribution in [-0.2, 0) is 9.47 Å². The molecule has 1 N–H and O–H groups in total. The molecule has 146 valence electrons. The van der Waals surface area contributed by atoms with E-state index in [2.05, 4.69) is 15.3 Å². The summed E-state index contributed by atoms with van der Waals surface area (Å²) < 4.78 is 15.7. The van der Waals surface area contributed by atoms with E-state index >= 15 is 0 Å². The van der Waals surface area contributed by atoms with Crippen LogP contribution in [0, 0.1) is 6.92 Å². The van der Waals surface area contributed by atoms with E-state index in [-0.39, 0.29) is 47.0 Å². The second kappa shape index (κ2) is 8.26. The summed E-state index contributed by atoms with van der Waals surface area (Å²) in [6, 6.07) is 7.18. The summed E-state index contributed by atoms with van der Waals surface area (Å²) in [5.41, 5.74) is 1.13. The molecule has 0 aliphatic carbocycles. The molecule has 0 radical (unpaired) electrons. The molecule has 9 heteroatoms. The summed E-state index contributed by atoms with van der Waals surface area (Å²) in [5.74, 6) is -1.06. The molecule has 0 fully saturated rings. The number of esters is 2. The second-order valence-corrected chi connectivity index (χ2v) is 6.01. The Hall–Kier alpha value is -3.13. The van der Waals surface area contributed by atoms with E-state index in [0.717, 1.165) is 0 Å². The minimum absolute atomic E-state index is 0.00679. The van der Waals surface area contributed by atoms with Crippen molar-refractivity contribution in [2.24, 2.45) is 0 Å². The molecule has 3 rings (SSSR count). The molecule has 0 bridgehead atoms. The molecule has 0 spiro atoms. The van der Waals surface area contributed by atoms with E-state index in [1.165, 1.54) is 0 Å². The molecule has 2 heterocycles. The number of furan rings is 1. The minimum atomic E-state index is -0.727. The van der Waals surface area contributed by atoms with Crippen LogP contribution in [0.1, 0.15) is 40.3 Å². The SMILES string of the molecule is CCOC(=O)c1c(C)oc(Nc2nc3ccccc3nc2Cl)c1C(=O)OCC. The predicted octanol–water partition coefficient (Wildman–Crippen LogP) is 4.28. The van der Waals surface area contributed by atoms with Crippen molar-refractivity contribution in [3.8, 4) is 0 Å². The highest BCUT2D eigenvalue weighted by molar-refractivity contribution is 6.32. The van der Waals surface area contributed by atoms with E-state index in [0.29, 0.717) is 11.0 Å². The molecule has 0 aliphatic rings. The van der Waals surface area contributed by atoms with Crippen LogP contribution >= 0.6 is 11.6 Å². The average Bonchev–Trinajstić information content (AvgIpc) is 2.98. The van der Waals surface area contributed by atoms with Crippen LogP contribution in [0.5, 0.6) is 0 Å². The molecule has 0 amide bonds. The van der Waals surface area contributed by atoms with Gasteiger partial charge in [0.15, 0.2) is 11.0 Å². The van der Waals surface area contributed by atoms with Crippen LogP contribution in [0.2, 0.25) is 5.15 Å². The molecule has 1 aromatic carbocycles. The molecular formula is C19H18ClN3O5. The number of benzene rings is 1. The summed E-state index contributed by atoms with van der Waals surface area (Å²) in [6.45, 7) is 5.15. The fraction of sp³-hybridized carbons (Fsp3) is 0.263. The van der Waals surface area contributed by atoms with Gasteiger partial charge in [0, 0.05) is 0 Å². The molecule has 28 heavy (non-hydrogen) atoms. The van der Waals surface area contributed by atoms with Crippen LogP contribution in [0.15, 0.2) is 28.7 Å². The number of ether oxygens (including phenoxy) is 2. The first kappa shape index (κ1) is 19.6. The lowest BCUT2D eigenvalue weighted by atomic mass is 10.1. The first-order valence-electron chi connectivity index (χ1n) is 8.63. The number of rotatable bonds is 6. The predicted molar refractivity (Wildman–Crippen MR) is 103 cm³/mol. The maximum absolute atomic E-state index is 12.5. The lowest BCUT2D eigenvalue weighted by Crippen LogP contribution is -2.14. The molecule has 0 unspecified atom stereocenters. The Kier molecular flexibility index (Phi) is 5.79. The first-order chi connectivity index (χ1) is 13.5. The van der Waals surface area contributed by atoms with E-state index in [1.807, 2.05) is 12.1 Å². The van der Waals surface area contributed by atoms with Gasteiger partial charge in [-0.2, -0.15) is 0 Å². The Morgan fingerprint density at radius 1 is 1.04 bits per heavy atom. The van der Waals surface area contributed by atoms with Crippen molar-refractivity contribution >= 4 is 46.3 Å². The van der Waals surface area contributed by atoms with E-state index in [1.54, 1.807) is 32.9 Å². The fourth-order valence-corrected chi connectivity index (χ4v) is 2.83. The van der Waals surface area contributed by atoms with E-state index in [4.69, 9.17) is 25.5 Å². The highest BCUT2D eigenvalue weighted by atomic mass is 35.5. The quantitative estimate of drug-likeness (QED) is 0.608. The summed E-state index contributed by atoms with van der Waals surface area (Å²) >= 11 is 6.22. The monoisotopic (exact) mass is 403 g/mol. The maximum Gasteiger partial charge on any atom is 0.344 e. The number of carbonyl (C=O) groups excluding carboxylic acids is 2. The number of hydrogen-bond acceptors (Lipinski definition) is 8. The topological polar surface area (TPSA) is 104 Å². The van der Waals surface area contributed by atoms with Crippen molar-refractivity contribution in [1.29, 1.82) is 0 Å². The Labute approximate surface area is 165 Å². The van der Waals surface area contributed by atoms with Crippen LogP contribution < -0.4 is 5.32 Å². The number of nitrogens with zero attached hydrogens (tertiary/aromatic N) is 2. The van der Waals surface area contributed by atoms with Gasteiger partial charge >= 0.3 is 11.9 Å². The molecule has 0 saturated carbocycles. The highest BCUT2D eigenvalue weighted by Crippen LogP contribution is 2.33. The van der Waals surface area contributed by atoms with Gasteiger partial charge in [-0.3, -0.25) is 0 Å². The van der Waals surface area contributed by atoms with Crippen molar-refractivity contribution in [2.45, 2.75) is 20.8 Å². The Bertz CT molecular complexity index is 1050. The summed E-state index contributed by atoms with van der Waals surface area (Å²) in [4.78, 5) is 33.5. The van der Waals surface area contributed by atoms with Gasteiger partial charge in [-0.15, -0.1) is 0 Å². The number of halogens is 1. The number of aromatic nitrogens is 2. The zero-order valence-electron chi connectivity index (χ0n) is 15.5. The van der Waals surface area contributed by atoms with Crippen LogP contribution in [-0.4, -0.2) is 35.1 Å². The first-order valence-corrected chi connectivity index (χ1v) is 9.01.